The highest BCUT2D eigenvalue weighted by Gasteiger charge is 2.08. The quantitative estimate of drug-likeness (QED) is 0.508. The Hall–Kier alpha value is -2.75. The fourth-order valence-corrected chi connectivity index (χ4v) is 1.79. The van der Waals surface area contributed by atoms with E-state index in [9.17, 15) is 0 Å². The lowest BCUT2D eigenvalue weighted by atomic mass is 10.3. The minimum Gasteiger partial charge on any atom is -0.516 e. The summed E-state index contributed by atoms with van der Waals surface area (Å²) in [6.45, 7) is 0.447. The Labute approximate surface area is 118 Å². The maximum atomic E-state index is 8.85. The molecule has 3 N–H and O–H groups in total. The summed E-state index contributed by atoms with van der Waals surface area (Å²) in [6.07, 6.45) is 2.62. The molecular weight excluding hydrogens is 250 g/mol. The third kappa shape index (κ3) is 3.62. The van der Waals surface area contributed by atoms with E-state index in [1.807, 2.05) is 65.6 Å². The lowest BCUT2D eigenvalue weighted by Gasteiger charge is -2.22. The highest BCUT2D eigenvalue weighted by molar-refractivity contribution is 5.96. The normalized spacial score (nSPS) is 11.7. The molecular formula is C16H17N3O. The molecule has 0 fully saturated rings. The third-order valence-corrected chi connectivity index (χ3v) is 2.74. The van der Waals surface area contributed by atoms with E-state index < -0.39 is 0 Å². The molecule has 102 valence electrons. The number of guanidine groups is 1. The summed E-state index contributed by atoms with van der Waals surface area (Å²) < 4.78 is 0. The van der Waals surface area contributed by atoms with Gasteiger partial charge in [0.2, 0.25) is 5.96 Å². The molecule has 2 rings (SSSR count). The van der Waals surface area contributed by atoms with Gasteiger partial charge in [-0.1, -0.05) is 36.4 Å². The number of rotatable bonds is 4. The van der Waals surface area contributed by atoms with E-state index in [1.165, 1.54) is 0 Å². The first-order valence-electron chi connectivity index (χ1n) is 6.32. The van der Waals surface area contributed by atoms with E-state index in [1.54, 1.807) is 6.08 Å². The van der Waals surface area contributed by atoms with Crippen LogP contribution in [-0.4, -0.2) is 17.6 Å². The van der Waals surface area contributed by atoms with Crippen LogP contribution in [0.15, 0.2) is 78.0 Å². The number of aliphatic hydroxyl groups is 1. The summed E-state index contributed by atoms with van der Waals surface area (Å²) in [5, 5.41) is 8.85. The molecule has 0 spiro atoms. The van der Waals surface area contributed by atoms with Crippen LogP contribution < -0.4 is 10.6 Å². The number of hydrogen-bond acceptors (Lipinski definition) is 2. The lowest BCUT2D eigenvalue weighted by Crippen LogP contribution is -2.37. The molecule has 0 heterocycles. The van der Waals surface area contributed by atoms with Gasteiger partial charge in [-0.2, -0.15) is 0 Å². The first-order chi connectivity index (χ1) is 9.81. The number of benzene rings is 2. The highest BCUT2D eigenvalue weighted by Crippen LogP contribution is 2.16. The van der Waals surface area contributed by atoms with Gasteiger partial charge in [-0.15, -0.1) is 0 Å². The second-order valence-corrected chi connectivity index (χ2v) is 4.14. The van der Waals surface area contributed by atoms with E-state index in [4.69, 9.17) is 10.8 Å². The van der Waals surface area contributed by atoms with Crippen molar-refractivity contribution in [1.29, 1.82) is 0 Å². The maximum absolute atomic E-state index is 8.85. The molecule has 0 atom stereocenters. The molecule has 0 bridgehead atoms. The number of aliphatic imine (C=N–C) groups is 1. The molecule has 20 heavy (non-hydrogen) atoms. The van der Waals surface area contributed by atoms with Gasteiger partial charge in [0.25, 0.3) is 0 Å². The van der Waals surface area contributed by atoms with Crippen LogP contribution in [-0.2, 0) is 0 Å². The van der Waals surface area contributed by atoms with Gasteiger partial charge in [-0.25, -0.2) is 4.99 Å². The molecule has 0 aliphatic heterocycles. The lowest BCUT2D eigenvalue weighted by molar-refractivity contribution is 0.472. The Kier molecular flexibility index (Phi) is 4.78. The maximum Gasteiger partial charge on any atom is 0.201 e. The van der Waals surface area contributed by atoms with Crippen LogP contribution in [0, 0.1) is 0 Å². The molecule has 2 aromatic carbocycles. The van der Waals surface area contributed by atoms with Crippen LogP contribution in [0.5, 0.6) is 0 Å². The Balaban J connectivity index is 2.29. The Morgan fingerprint density at radius 3 is 2.25 bits per heavy atom. The molecule has 0 aliphatic rings. The van der Waals surface area contributed by atoms with Crippen LogP contribution >= 0.6 is 0 Å². The van der Waals surface area contributed by atoms with Gasteiger partial charge in [0.1, 0.15) is 0 Å². The van der Waals surface area contributed by atoms with Crippen molar-refractivity contribution in [3.8, 4) is 0 Å². The topological polar surface area (TPSA) is 61.8 Å². The van der Waals surface area contributed by atoms with Crippen molar-refractivity contribution in [1.82, 2.24) is 0 Å². The van der Waals surface area contributed by atoms with Crippen molar-refractivity contribution < 1.29 is 5.11 Å². The van der Waals surface area contributed by atoms with Gasteiger partial charge in [0.05, 0.1) is 11.9 Å². The fourth-order valence-electron chi connectivity index (χ4n) is 1.79. The average Bonchev–Trinajstić information content (AvgIpc) is 2.50. The molecule has 4 nitrogen and oxygen atoms in total. The molecule has 0 aromatic heterocycles. The van der Waals surface area contributed by atoms with Crippen molar-refractivity contribution in [2.24, 2.45) is 10.7 Å². The van der Waals surface area contributed by atoms with Crippen molar-refractivity contribution >= 4 is 17.3 Å². The predicted octanol–water partition coefficient (Wildman–Crippen LogP) is 3.21. The predicted molar refractivity (Wildman–Crippen MR) is 83.3 cm³/mol. The summed E-state index contributed by atoms with van der Waals surface area (Å²) in [7, 11) is 0. The Morgan fingerprint density at radius 1 is 1.05 bits per heavy atom. The van der Waals surface area contributed by atoms with E-state index in [0.717, 1.165) is 17.6 Å². The highest BCUT2D eigenvalue weighted by atomic mass is 16.2. The summed E-state index contributed by atoms with van der Waals surface area (Å²) in [4.78, 5) is 6.21. The SMILES string of the molecule is NC(=Nc1ccccc1)N(CC=CO)c1ccccc1. The summed E-state index contributed by atoms with van der Waals surface area (Å²) >= 11 is 0. The minimum absolute atomic E-state index is 0.375. The van der Waals surface area contributed by atoms with Crippen molar-refractivity contribution in [2.45, 2.75) is 0 Å². The second kappa shape index (κ2) is 6.99. The van der Waals surface area contributed by atoms with Crippen LogP contribution in [0.4, 0.5) is 11.4 Å². The van der Waals surface area contributed by atoms with Crippen molar-refractivity contribution in [3.05, 3.63) is 73.0 Å². The number of anilines is 1. The average molecular weight is 267 g/mol. The fraction of sp³-hybridized carbons (Fsp3) is 0.0625. The molecule has 0 saturated heterocycles. The monoisotopic (exact) mass is 267 g/mol. The van der Waals surface area contributed by atoms with E-state index in [0.29, 0.717) is 12.5 Å². The van der Waals surface area contributed by atoms with Gasteiger partial charge < -0.3 is 15.7 Å². The third-order valence-electron chi connectivity index (χ3n) is 2.74. The van der Waals surface area contributed by atoms with Gasteiger partial charge in [0.15, 0.2) is 0 Å². The first-order valence-corrected chi connectivity index (χ1v) is 6.32. The van der Waals surface area contributed by atoms with E-state index in [-0.39, 0.29) is 0 Å². The summed E-state index contributed by atoms with van der Waals surface area (Å²) in [6, 6.07) is 19.2. The summed E-state index contributed by atoms with van der Waals surface area (Å²) in [5.41, 5.74) is 7.79. The molecule has 0 radical (unpaired) electrons. The Bertz CT molecular complexity index is 579. The molecule has 4 heteroatoms. The van der Waals surface area contributed by atoms with Crippen LogP contribution in [0.1, 0.15) is 0 Å². The Morgan fingerprint density at radius 2 is 1.65 bits per heavy atom. The van der Waals surface area contributed by atoms with Crippen molar-refractivity contribution in [3.63, 3.8) is 0 Å². The number of nitrogens with two attached hydrogens (primary N) is 1. The molecule has 0 unspecified atom stereocenters. The zero-order valence-electron chi connectivity index (χ0n) is 11.1. The van der Waals surface area contributed by atoms with Gasteiger partial charge in [0, 0.05) is 12.2 Å². The molecule has 0 amide bonds. The summed E-state index contributed by atoms with van der Waals surface area (Å²) in [5.74, 6) is 0.375. The zero-order valence-corrected chi connectivity index (χ0v) is 11.1. The second-order valence-electron chi connectivity index (χ2n) is 4.14. The molecule has 0 aliphatic carbocycles. The molecule has 2 aromatic rings. The minimum atomic E-state index is 0.375. The van der Waals surface area contributed by atoms with E-state index >= 15 is 0 Å². The first kappa shape index (κ1) is 13.7. The van der Waals surface area contributed by atoms with Crippen molar-refractivity contribution in [2.75, 3.05) is 11.4 Å². The molecule has 0 saturated carbocycles. The van der Waals surface area contributed by atoms with E-state index in [2.05, 4.69) is 4.99 Å². The largest absolute Gasteiger partial charge is 0.516 e. The van der Waals surface area contributed by atoms with Gasteiger partial charge in [-0.3, -0.25) is 0 Å². The van der Waals surface area contributed by atoms with Gasteiger partial charge in [-0.05, 0) is 30.3 Å². The standard InChI is InChI=1S/C16H17N3O/c17-16(18-14-8-3-1-4-9-14)19(12-7-13-20)15-10-5-2-6-11-15/h1-11,13,20H,12H2,(H2,17,18). The zero-order chi connectivity index (χ0) is 14.2. The number of aliphatic hydroxyl groups excluding tert-OH is 1. The number of para-hydroxylation sites is 2. The van der Waals surface area contributed by atoms with Crippen LogP contribution in [0.25, 0.3) is 0 Å². The number of hydrogen-bond donors (Lipinski definition) is 2. The van der Waals surface area contributed by atoms with Crippen LogP contribution in [0.3, 0.4) is 0 Å². The smallest absolute Gasteiger partial charge is 0.201 e. The van der Waals surface area contributed by atoms with Crippen LogP contribution in [0.2, 0.25) is 0 Å². The number of nitrogens with zero attached hydrogens (tertiary/aromatic N) is 2. The van der Waals surface area contributed by atoms with Gasteiger partial charge >= 0.3 is 0 Å².